The molecule has 0 radical (unpaired) electrons. The number of benzene rings is 1. The SMILES string of the molecule is Cc1ccc(C(CNC(=O)C2CCC(N)C2)N2CCOCC2)cc1.Cl.Cl. The lowest BCUT2D eigenvalue weighted by Gasteiger charge is -2.35. The van der Waals surface area contributed by atoms with Crippen LogP contribution >= 0.6 is 24.8 Å². The van der Waals surface area contributed by atoms with Crippen LogP contribution in [0.2, 0.25) is 0 Å². The van der Waals surface area contributed by atoms with Gasteiger partial charge in [-0.1, -0.05) is 29.8 Å². The molecule has 3 N–H and O–H groups in total. The Kier molecular flexibility index (Phi) is 9.90. The van der Waals surface area contributed by atoms with Gasteiger partial charge in [-0.15, -0.1) is 24.8 Å². The standard InChI is InChI=1S/C19H29N3O2.2ClH/c1-14-2-4-15(5-3-14)18(22-8-10-24-11-9-22)13-21-19(23)16-6-7-17(20)12-16;;/h2-5,16-18H,6-13,20H2,1H3,(H,21,23);2*1H. The van der Waals surface area contributed by atoms with Crippen molar-refractivity contribution < 1.29 is 9.53 Å². The van der Waals surface area contributed by atoms with Gasteiger partial charge < -0.3 is 15.8 Å². The average molecular weight is 404 g/mol. The van der Waals surface area contributed by atoms with Gasteiger partial charge in [-0.05, 0) is 31.7 Å². The maximum Gasteiger partial charge on any atom is 0.223 e. The van der Waals surface area contributed by atoms with Gasteiger partial charge in [0.25, 0.3) is 0 Å². The van der Waals surface area contributed by atoms with Gasteiger partial charge in [-0.25, -0.2) is 0 Å². The normalized spacial score (nSPS) is 24.2. The summed E-state index contributed by atoms with van der Waals surface area (Å²) in [4.78, 5) is 14.9. The van der Waals surface area contributed by atoms with Crippen molar-refractivity contribution in [1.29, 1.82) is 0 Å². The van der Waals surface area contributed by atoms with E-state index < -0.39 is 0 Å². The third-order valence-corrected chi connectivity index (χ3v) is 5.26. The molecule has 2 fully saturated rings. The lowest BCUT2D eigenvalue weighted by atomic mass is 10.0. The number of carbonyl (C=O) groups excluding carboxylic acids is 1. The summed E-state index contributed by atoms with van der Waals surface area (Å²) in [5.74, 6) is 0.247. The summed E-state index contributed by atoms with van der Waals surface area (Å²) < 4.78 is 5.48. The van der Waals surface area contributed by atoms with Crippen molar-refractivity contribution in [3.05, 3.63) is 35.4 Å². The van der Waals surface area contributed by atoms with E-state index in [0.717, 1.165) is 45.6 Å². The lowest BCUT2D eigenvalue weighted by molar-refractivity contribution is -0.125. The van der Waals surface area contributed by atoms with Crippen LogP contribution in [0.25, 0.3) is 0 Å². The quantitative estimate of drug-likeness (QED) is 0.791. The zero-order valence-electron chi connectivity index (χ0n) is 15.4. The van der Waals surface area contributed by atoms with Crippen molar-refractivity contribution in [3.63, 3.8) is 0 Å². The molecule has 1 aliphatic heterocycles. The number of nitrogens with two attached hydrogens (primary N) is 1. The maximum atomic E-state index is 12.5. The number of morpholine rings is 1. The van der Waals surface area contributed by atoms with Crippen molar-refractivity contribution >= 4 is 30.7 Å². The number of aryl methyl sites for hydroxylation is 1. The fourth-order valence-corrected chi connectivity index (χ4v) is 3.73. The molecule has 0 aromatic heterocycles. The molecule has 7 heteroatoms. The van der Waals surface area contributed by atoms with Crippen LogP contribution in [0.5, 0.6) is 0 Å². The monoisotopic (exact) mass is 403 g/mol. The highest BCUT2D eigenvalue weighted by atomic mass is 35.5. The molecule has 3 unspecified atom stereocenters. The first-order chi connectivity index (χ1) is 11.6. The van der Waals surface area contributed by atoms with Gasteiger partial charge in [-0.2, -0.15) is 0 Å². The molecule has 1 amide bonds. The summed E-state index contributed by atoms with van der Waals surface area (Å²) >= 11 is 0. The zero-order chi connectivity index (χ0) is 16.9. The Labute approximate surface area is 168 Å². The fraction of sp³-hybridized carbons (Fsp3) is 0.632. The zero-order valence-corrected chi connectivity index (χ0v) is 17.0. The van der Waals surface area contributed by atoms with Crippen LogP contribution in [0.1, 0.15) is 36.4 Å². The van der Waals surface area contributed by atoms with E-state index in [0.29, 0.717) is 6.54 Å². The van der Waals surface area contributed by atoms with E-state index in [1.807, 2.05) is 0 Å². The molecule has 148 valence electrons. The number of carbonyl (C=O) groups is 1. The van der Waals surface area contributed by atoms with Gasteiger partial charge in [0, 0.05) is 31.6 Å². The van der Waals surface area contributed by atoms with Gasteiger partial charge in [0.1, 0.15) is 0 Å². The number of hydrogen-bond acceptors (Lipinski definition) is 4. The number of halogens is 2. The van der Waals surface area contributed by atoms with Crippen molar-refractivity contribution in [3.8, 4) is 0 Å². The predicted octanol–water partition coefficient (Wildman–Crippen LogP) is 2.46. The average Bonchev–Trinajstić information content (AvgIpc) is 3.04. The Bertz CT molecular complexity index is 550. The number of rotatable bonds is 5. The molecule has 2 aliphatic rings. The van der Waals surface area contributed by atoms with Crippen LogP contribution < -0.4 is 11.1 Å². The number of amides is 1. The van der Waals surface area contributed by atoms with Crippen LogP contribution in [0.3, 0.4) is 0 Å². The van der Waals surface area contributed by atoms with E-state index in [9.17, 15) is 4.79 Å². The van der Waals surface area contributed by atoms with Crippen LogP contribution in [0.4, 0.5) is 0 Å². The molecule has 3 atom stereocenters. The fourth-order valence-electron chi connectivity index (χ4n) is 3.73. The molecule has 1 aromatic carbocycles. The largest absolute Gasteiger partial charge is 0.379 e. The van der Waals surface area contributed by atoms with Gasteiger partial charge in [-0.3, -0.25) is 9.69 Å². The highest BCUT2D eigenvalue weighted by Crippen LogP contribution is 2.25. The Hall–Kier alpha value is -0.850. The van der Waals surface area contributed by atoms with Gasteiger partial charge in [0.05, 0.1) is 19.3 Å². The smallest absolute Gasteiger partial charge is 0.223 e. The second-order valence-electron chi connectivity index (χ2n) is 7.09. The molecule has 1 saturated carbocycles. The van der Waals surface area contributed by atoms with Crippen molar-refractivity contribution in [2.24, 2.45) is 11.7 Å². The Morgan fingerprint density at radius 1 is 1.23 bits per heavy atom. The van der Waals surface area contributed by atoms with Crippen molar-refractivity contribution in [2.45, 2.75) is 38.3 Å². The minimum atomic E-state index is 0. The van der Waals surface area contributed by atoms with Crippen LogP contribution in [0.15, 0.2) is 24.3 Å². The summed E-state index contributed by atoms with van der Waals surface area (Å²) in [5, 5.41) is 3.18. The summed E-state index contributed by atoms with van der Waals surface area (Å²) in [7, 11) is 0. The molecular weight excluding hydrogens is 373 g/mol. The molecule has 1 aromatic rings. The maximum absolute atomic E-state index is 12.5. The van der Waals surface area contributed by atoms with Crippen molar-refractivity contribution in [1.82, 2.24) is 10.2 Å². The molecule has 1 heterocycles. The molecule has 5 nitrogen and oxygen atoms in total. The van der Waals surface area contributed by atoms with E-state index >= 15 is 0 Å². The van der Waals surface area contributed by atoms with E-state index in [2.05, 4.69) is 41.4 Å². The topological polar surface area (TPSA) is 67.6 Å². The summed E-state index contributed by atoms with van der Waals surface area (Å²) in [5.41, 5.74) is 8.45. The first kappa shape index (κ1) is 23.2. The second kappa shape index (κ2) is 11.1. The molecule has 1 saturated heterocycles. The van der Waals surface area contributed by atoms with E-state index in [-0.39, 0.29) is 48.7 Å². The number of ether oxygens (including phenoxy) is 1. The number of nitrogens with zero attached hydrogens (tertiary/aromatic N) is 1. The summed E-state index contributed by atoms with van der Waals surface area (Å²) in [6, 6.07) is 9.02. The minimum Gasteiger partial charge on any atom is -0.379 e. The first-order valence-corrected chi connectivity index (χ1v) is 9.05. The van der Waals surface area contributed by atoms with Gasteiger partial charge >= 0.3 is 0 Å². The Morgan fingerprint density at radius 2 is 1.88 bits per heavy atom. The molecule has 3 rings (SSSR count). The van der Waals surface area contributed by atoms with Crippen LogP contribution in [-0.4, -0.2) is 49.7 Å². The minimum absolute atomic E-state index is 0. The highest BCUT2D eigenvalue weighted by Gasteiger charge is 2.29. The molecular formula is C19H31Cl2N3O2. The predicted molar refractivity (Wildman–Crippen MR) is 109 cm³/mol. The summed E-state index contributed by atoms with van der Waals surface area (Å²) in [6.07, 6.45) is 2.70. The highest BCUT2D eigenvalue weighted by molar-refractivity contribution is 5.85. The molecule has 1 aliphatic carbocycles. The lowest BCUT2D eigenvalue weighted by Crippen LogP contribution is -2.44. The van der Waals surface area contributed by atoms with Crippen molar-refractivity contribution in [2.75, 3.05) is 32.8 Å². The second-order valence-corrected chi connectivity index (χ2v) is 7.09. The van der Waals surface area contributed by atoms with E-state index in [4.69, 9.17) is 10.5 Å². The Balaban J connectivity index is 0.00000169. The first-order valence-electron chi connectivity index (χ1n) is 9.05. The summed E-state index contributed by atoms with van der Waals surface area (Å²) in [6.45, 7) is 6.07. The van der Waals surface area contributed by atoms with E-state index in [1.165, 1.54) is 11.1 Å². The number of hydrogen-bond donors (Lipinski definition) is 2. The third kappa shape index (κ3) is 6.10. The van der Waals surface area contributed by atoms with E-state index in [1.54, 1.807) is 0 Å². The Morgan fingerprint density at radius 3 is 2.46 bits per heavy atom. The third-order valence-electron chi connectivity index (χ3n) is 5.26. The van der Waals surface area contributed by atoms with Gasteiger partial charge in [0.2, 0.25) is 5.91 Å². The molecule has 26 heavy (non-hydrogen) atoms. The number of nitrogens with one attached hydrogen (secondary N) is 1. The molecule has 0 bridgehead atoms. The van der Waals surface area contributed by atoms with Crippen LogP contribution in [0, 0.1) is 12.8 Å². The molecule has 0 spiro atoms. The van der Waals surface area contributed by atoms with Gasteiger partial charge in [0.15, 0.2) is 0 Å². The van der Waals surface area contributed by atoms with Crippen LogP contribution in [-0.2, 0) is 9.53 Å².